The average molecular weight is 352 g/mol. The van der Waals surface area contributed by atoms with Crippen LogP contribution in [0.15, 0.2) is 0 Å². The molecule has 2 amide bonds. The van der Waals surface area contributed by atoms with Gasteiger partial charge in [-0.15, -0.1) is 0 Å². The minimum Gasteiger partial charge on any atom is -0.480 e. The fourth-order valence-corrected chi connectivity index (χ4v) is 3.96. The Morgan fingerprint density at radius 3 is 2.04 bits per heavy atom. The van der Waals surface area contributed by atoms with Gasteiger partial charge in [0.15, 0.2) is 0 Å². The van der Waals surface area contributed by atoms with Crippen molar-refractivity contribution >= 4 is 17.8 Å². The summed E-state index contributed by atoms with van der Waals surface area (Å²) in [7, 11) is 0. The number of rotatable bonds is 7. The van der Waals surface area contributed by atoms with E-state index < -0.39 is 12.0 Å². The molecule has 2 saturated carbocycles. The number of hydrogen-bond donors (Lipinski definition) is 3. The van der Waals surface area contributed by atoms with Crippen molar-refractivity contribution in [1.29, 1.82) is 0 Å². The Hall–Kier alpha value is -1.59. The molecule has 2 atom stereocenters. The smallest absolute Gasteiger partial charge is 0.326 e. The molecule has 0 heterocycles. The monoisotopic (exact) mass is 352 g/mol. The lowest BCUT2D eigenvalue weighted by atomic mass is 9.84. The number of carbonyl (C=O) groups excluding carboxylic acids is 2. The van der Waals surface area contributed by atoms with Crippen LogP contribution in [0.3, 0.4) is 0 Å². The summed E-state index contributed by atoms with van der Waals surface area (Å²) >= 11 is 0. The van der Waals surface area contributed by atoms with Gasteiger partial charge in [0.25, 0.3) is 0 Å². The molecule has 2 aliphatic carbocycles. The van der Waals surface area contributed by atoms with Gasteiger partial charge in [-0.3, -0.25) is 9.59 Å². The minimum atomic E-state index is -0.972. The van der Waals surface area contributed by atoms with E-state index in [0.717, 1.165) is 38.5 Å². The quantitative estimate of drug-likeness (QED) is 0.656. The summed E-state index contributed by atoms with van der Waals surface area (Å²) in [6.07, 6.45) is 7.97. The van der Waals surface area contributed by atoms with Gasteiger partial charge in [0.1, 0.15) is 6.04 Å². The predicted octanol–water partition coefficient (Wildman–Crippen LogP) is 2.47. The van der Waals surface area contributed by atoms with Crippen LogP contribution in [0.5, 0.6) is 0 Å². The van der Waals surface area contributed by atoms with Gasteiger partial charge in [-0.2, -0.15) is 0 Å². The summed E-state index contributed by atoms with van der Waals surface area (Å²) in [4.78, 5) is 36.0. The molecule has 0 spiro atoms. The number of amides is 2. The third kappa shape index (κ3) is 5.44. The predicted molar refractivity (Wildman–Crippen MR) is 94.9 cm³/mol. The van der Waals surface area contributed by atoms with Crippen LogP contribution in [0.1, 0.15) is 71.6 Å². The maximum absolute atomic E-state index is 12.4. The van der Waals surface area contributed by atoms with E-state index in [1.165, 1.54) is 0 Å². The van der Waals surface area contributed by atoms with Crippen LogP contribution >= 0.6 is 0 Å². The lowest BCUT2D eigenvalue weighted by Crippen LogP contribution is -2.48. The SMILES string of the molecule is CC[C@H](C)[C@H](NC(=O)C1CCC(NC(=O)C2CCCC2)CC1)C(=O)O. The molecule has 0 unspecified atom stereocenters. The molecule has 6 nitrogen and oxygen atoms in total. The minimum absolute atomic E-state index is 0.0940. The van der Waals surface area contributed by atoms with Gasteiger partial charge < -0.3 is 15.7 Å². The molecular weight excluding hydrogens is 320 g/mol. The van der Waals surface area contributed by atoms with Crippen molar-refractivity contribution in [3.05, 3.63) is 0 Å². The van der Waals surface area contributed by atoms with E-state index in [1.807, 2.05) is 13.8 Å². The van der Waals surface area contributed by atoms with Crippen LogP contribution in [0.25, 0.3) is 0 Å². The number of nitrogens with one attached hydrogen (secondary N) is 2. The summed E-state index contributed by atoms with van der Waals surface area (Å²) < 4.78 is 0. The van der Waals surface area contributed by atoms with Gasteiger partial charge in [-0.1, -0.05) is 33.1 Å². The summed E-state index contributed by atoms with van der Waals surface area (Å²) in [6, 6.07) is -0.667. The lowest BCUT2D eigenvalue weighted by molar-refractivity contribution is -0.144. The fraction of sp³-hybridized carbons (Fsp3) is 0.842. The van der Waals surface area contributed by atoms with Gasteiger partial charge in [0, 0.05) is 17.9 Å². The van der Waals surface area contributed by atoms with Crippen LogP contribution in [0, 0.1) is 17.8 Å². The molecule has 0 saturated heterocycles. The summed E-state index contributed by atoms with van der Waals surface area (Å²) in [5.41, 5.74) is 0. The lowest BCUT2D eigenvalue weighted by Gasteiger charge is -2.30. The van der Waals surface area contributed by atoms with Crippen molar-refractivity contribution in [2.24, 2.45) is 17.8 Å². The van der Waals surface area contributed by atoms with E-state index >= 15 is 0 Å². The normalized spacial score (nSPS) is 26.6. The first-order valence-corrected chi connectivity index (χ1v) is 9.75. The van der Waals surface area contributed by atoms with Gasteiger partial charge in [-0.25, -0.2) is 4.79 Å². The molecular formula is C19H32N2O4. The maximum atomic E-state index is 12.4. The Balaban J connectivity index is 1.77. The summed E-state index contributed by atoms with van der Waals surface area (Å²) in [5.74, 6) is -1.02. The third-order valence-corrected chi connectivity index (χ3v) is 5.95. The van der Waals surface area contributed by atoms with E-state index in [1.54, 1.807) is 0 Å². The Bertz CT molecular complexity index is 480. The molecule has 0 radical (unpaired) electrons. The van der Waals surface area contributed by atoms with Crippen LogP contribution in [-0.2, 0) is 14.4 Å². The number of carboxylic acids is 1. The number of aliphatic carboxylic acids is 1. The highest BCUT2D eigenvalue weighted by molar-refractivity contribution is 5.85. The second kappa shape index (κ2) is 9.20. The van der Waals surface area contributed by atoms with Crippen LogP contribution in [-0.4, -0.2) is 35.0 Å². The molecule has 0 aliphatic heterocycles. The molecule has 0 aromatic rings. The third-order valence-electron chi connectivity index (χ3n) is 5.95. The zero-order chi connectivity index (χ0) is 18.4. The molecule has 25 heavy (non-hydrogen) atoms. The van der Waals surface area contributed by atoms with E-state index in [9.17, 15) is 19.5 Å². The zero-order valence-electron chi connectivity index (χ0n) is 15.4. The molecule has 0 bridgehead atoms. The number of hydrogen-bond acceptors (Lipinski definition) is 3. The first-order valence-electron chi connectivity index (χ1n) is 9.75. The first kappa shape index (κ1) is 19.7. The molecule has 3 N–H and O–H groups in total. The molecule has 2 fully saturated rings. The van der Waals surface area contributed by atoms with Crippen LogP contribution < -0.4 is 10.6 Å². The van der Waals surface area contributed by atoms with E-state index in [4.69, 9.17) is 0 Å². The second-order valence-corrected chi connectivity index (χ2v) is 7.75. The van der Waals surface area contributed by atoms with Gasteiger partial charge in [0.2, 0.25) is 11.8 Å². The highest BCUT2D eigenvalue weighted by Gasteiger charge is 2.32. The van der Waals surface area contributed by atoms with E-state index in [0.29, 0.717) is 19.3 Å². The molecule has 0 aromatic carbocycles. The van der Waals surface area contributed by atoms with Crippen LogP contribution in [0.4, 0.5) is 0 Å². The van der Waals surface area contributed by atoms with Gasteiger partial charge >= 0.3 is 5.97 Å². The van der Waals surface area contributed by atoms with Crippen molar-refractivity contribution in [3.63, 3.8) is 0 Å². The Morgan fingerprint density at radius 1 is 0.960 bits per heavy atom. The zero-order valence-corrected chi connectivity index (χ0v) is 15.4. The molecule has 2 aliphatic rings. The molecule has 6 heteroatoms. The average Bonchev–Trinajstić information content (AvgIpc) is 3.14. The van der Waals surface area contributed by atoms with Gasteiger partial charge in [-0.05, 0) is 44.4 Å². The van der Waals surface area contributed by atoms with Crippen molar-refractivity contribution < 1.29 is 19.5 Å². The molecule has 2 rings (SSSR count). The Labute approximate surface area is 150 Å². The Kier molecular flexibility index (Phi) is 7.26. The molecule has 0 aromatic heterocycles. The second-order valence-electron chi connectivity index (χ2n) is 7.75. The largest absolute Gasteiger partial charge is 0.480 e. The Morgan fingerprint density at radius 2 is 1.52 bits per heavy atom. The first-order chi connectivity index (χ1) is 11.9. The topological polar surface area (TPSA) is 95.5 Å². The highest BCUT2D eigenvalue weighted by Crippen LogP contribution is 2.28. The highest BCUT2D eigenvalue weighted by atomic mass is 16.4. The number of carboxylic acid groups (broad SMARTS) is 1. The standard InChI is InChI=1S/C19H32N2O4/c1-3-12(2)16(19(24)25)21-18(23)14-8-10-15(11-9-14)20-17(22)13-6-4-5-7-13/h12-16H,3-11H2,1-2H3,(H,20,22)(H,21,23)(H,24,25)/t12-,14?,15?,16-/m0/s1. The van der Waals surface area contributed by atoms with Crippen molar-refractivity contribution in [1.82, 2.24) is 10.6 Å². The maximum Gasteiger partial charge on any atom is 0.326 e. The van der Waals surface area contributed by atoms with Crippen LogP contribution in [0.2, 0.25) is 0 Å². The van der Waals surface area contributed by atoms with Gasteiger partial charge in [0.05, 0.1) is 0 Å². The number of carbonyl (C=O) groups is 3. The van der Waals surface area contributed by atoms with E-state index in [2.05, 4.69) is 10.6 Å². The summed E-state index contributed by atoms with van der Waals surface area (Å²) in [6.45, 7) is 3.76. The fourth-order valence-electron chi connectivity index (χ4n) is 3.96. The van der Waals surface area contributed by atoms with Crippen molar-refractivity contribution in [2.75, 3.05) is 0 Å². The molecule has 142 valence electrons. The van der Waals surface area contributed by atoms with Crippen molar-refractivity contribution in [2.45, 2.75) is 83.7 Å². The summed E-state index contributed by atoms with van der Waals surface area (Å²) in [5, 5.41) is 15.2. The van der Waals surface area contributed by atoms with Crippen molar-refractivity contribution in [3.8, 4) is 0 Å². The van der Waals surface area contributed by atoms with E-state index in [-0.39, 0.29) is 35.6 Å².